The number of methoxy groups -OCH3 is 1. The Labute approximate surface area is 190 Å². The minimum Gasteiger partial charge on any atom is -0.497 e. The molecule has 1 heterocycles. The van der Waals surface area contributed by atoms with Gasteiger partial charge in [0.25, 0.3) is 0 Å². The van der Waals surface area contributed by atoms with E-state index in [4.69, 9.17) is 9.47 Å². The molecule has 9 heteroatoms. The van der Waals surface area contributed by atoms with Gasteiger partial charge in [-0.25, -0.2) is 8.42 Å². The first-order chi connectivity index (χ1) is 15.3. The van der Waals surface area contributed by atoms with Crippen molar-refractivity contribution >= 4 is 21.6 Å². The first-order valence-corrected chi connectivity index (χ1v) is 12.4. The highest BCUT2D eigenvalue weighted by atomic mass is 32.2. The summed E-state index contributed by atoms with van der Waals surface area (Å²) < 4.78 is 36.6. The number of carbonyl (C=O) groups is 1. The SMILES string of the molecule is COc1cccc(N(C(C)C(=O)NCc2ccc(CN3CCOCC3)cc2)S(C)(=O)=O)c1. The summed E-state index contributed by atoms with van der Waals surface area (Å²) >= 11 is 0. The lowest BCUT2D eigenvalue weighted by Gasteiger charge is -2.28. The predicted molar refractivity (Wildman–Crippen MR) is 124 cm³/mol. The first-order valence-electron chi connectivity index (χ1n) is 10.6. The fourth-order valence-electron chi connectivity index (χ4n) is 3.67. The lowest BCUT2D eigenvalue weighted by atomic mass is 10.1. The number of anilines is 1. The van der Waals surface area contributed by atoms with Crippen molar-refractivity contribution in [2.75, 3.05) is 44.0 Å². The molecule has 32 heavy (non-hydrogen) atoms. The van der Waals surface area contributed by atoms with Gasteiger partial charge in [-0.3, -0.25) is 14.0 Å². The molecule has 1 aliphatic heterocycles. The average Bonchev–Trinajstić information content (AvgIpc) is 2.78. The van der Waals surface area contributed by atoms with Crippen LogP contribution in [0.4, 0.5) is 5.69 Å². The quantitative estimate of drug-likeness (QED) is 0.615. The van der Waals surface area contributed by atoms with E-state index < -0.39 is 16.1 Å². The van der Waals surface area contributed by atoms with E-state index >= 15 is 0 Å². The van der Waals surface area contributed by atoms with Crippen LogP contribution >= 0.6 is 0 Å². The zero-order valence-electron chi connectivity index (χ0n) is 18.8. The second-order valence-electron chi connectivity index (χ2n) is 7.86. The van der Waals surface area contributed by atoms with Gasteiger partial charge in [-0.05, 0) is 30.2 Å². The molecular formula is C23H31N3O5S. The van der Waals surface area contributed by atoms with Gasteiger partial charge in [-0.15, -0.1) is 0 Å². The molecule has 1 atom stereocenters. The van der Waals surface area contributed by atoms with Gasteiger partial charge in [0.2, 0.25) is 15.9 Å². The normalized spacial score (nSPS) is 15.7. The van der Waals surface area contributed by atoms with Crippen molar-refractivity contribution in [2.45, 2.75) is 26.1 Å². The molecule has 1 N–H and O–H groups in total. The zero-order valence-corrected chi connectivity index (χ0v) is 19.6. The molecule has 0 saturated carbocycles. The Bertz CT molecular complexity index is 1000. The van der Waals surface area contributed by atoms with Crippen molar-refractivity contribution in [3.05, 3.63) is 59.7 Å². The van der Waals surface area contributed by atoms with Crippen molar-refractivity contribution in [1.29, 1.82) is 0 Å². The number of rotatable bonds is 9. The molecule has 0 bridgehead atoms. The minimum absolute atomic E-state index is 0.316. The number of hydrogen-bond acceptors (Lipinski definition) is 6. The van der Waals surface area contributed by atoms with Gasteiger partial charge in [0.05, 0.1) is 32.3 Å². The maximum absolute atomic E-state index is 12.8. The van der Waals surface area contributed by atoms with E-state index in [1.54, 1.807) is 31.2 Å². The van der Waals surface area contributed by atoms with Crippen LogP contribution in [0.3, 0.4) is 0 Å². The summed E-state index contributed by atoms with van der Waals surface area (Å²) in [6.45, 7) is 6.15. The Kier molecular flexibility index (Phi) is 8.11. The summed E-state index contributed by atoms with van der Waals surface area (Å²) in [7, 11) is -2.18. The molecule has 1 fully saturated rings. The number of ether oxygens (including phenoxy) is 2. The molecule has 174 valence electrons. The van der Waals surface area contributed by atoms with E-state index in [0.29, 0.717) is 18.0 Å². The largest absolute Gasteiger partial charge is 0.497 e. The topological polar surface area (TPSA) is 88.2 Å². The monoisotopic (exact) mass is 461 g/mol. The van der Waals surface area contributed by atoms with Crippen LogP contribution in [-0.2, 0) is 32.6 Å². The Morgan fingerprint density at radius 1 is 1.16 bits per heavy atom. The second kappa shape index (κ2) is 10.8. The van der Waals surface area contributed by atoms with E-state index in [2.05, 4.69) is 22.3 Å². The molecular weight excluding hydrogens is 430 g/mol. The van der Waals surface area contributed by atoms with Crippen LogP contribution in [0.2, 0.25) is 0 Å². The molecule has 1 unspecified atom stereocenters. The molecule has 8 nitrogen and oxygen atoms in total. The van der Waals surface area contributed by atoms with Crippen LogP contribution in [0.25, 0.3) is 0 Å². The molecule has 0 spiro atoms. The van der Waals surface area contributed by atoms with Crippen molar-refractivity contribution in [3.8, 4) is 5.75 Å². The van der Waals surface area contributed by atoms with Crippen molar-refractivity contribution in [2.24, 2.45) is 0 Å². The van der Waals surface area contributed by atoms with Crippen LogP contribution in [0.15, 0.2) is 48.5 Å². The summed E-state index contributed by atoms with van der Waals surface area (Å²) in [4.78, 5) is 15.1. The highest BCUT2D eigenvalue weighted by Crippen LogP contribution is 2.25. The fourth-order valence-corrected chi connectivity index (χ4v) is 4.84. The average molecular weight is 462 g/mol. The number of benzene rings is 2. The number of morpholine rings is 1. The zero-order chi connectivity index (χ0) is 23.1. The maximum atomic E-state index is 12.8. The summed E-state index contributed by atoms with van der Waals surface area (Å²) in [5, 5.41) is 2.85. The molecule has 0 aliphatic carbocycles. The lowest BCUT2D eigenvalue weighted by molar-refractivity contribution is -0.122. The van der Waals surface area contributed by atoms with Crippen molar-refractivity contribution in [3.63, 3.8) is 0 Å². The third-order valence-corrected chi connectivity index (χ3v) is 6.64. The second-order valence-corrected chi connectivity index (χ2v) is 9.72. The van der Waals surface area contributed by atoms with Crippen LogP contribution in [0, 0.1) is 0 Å². The third-order valence-electron chi connectivity index (χ3n) is 5.40. The third kappa shape index (κ3) is 6.44. The summed E-state index contributed by atoms with van der Waals surface area (Å²) in [5.41, 5.74) is 2.53. The summed E-state index contributed by atoms with van der Waals surface area (Å²) in [6.07, 6.45) is 1.09. The van der Waals surface area contributed by atoms with Gasteiger partial charge >= 0.3 is 0 Å². The number of amides is 1. The first kappa shape index (κ1) is 24.0. The van der Waals surface area contributed by atoms with E-state index in [1.807, 2.05) is 12.1 Å². The standard InChI is InChI=1S/C23H31N3O5S/c1-18(26(32(3,28)29)21-5-4-6-22(15-21)30-2)23(27)24-16-19-7-9-20(10-8-19)17-25-11-13-31-14-12-25/h4-10,15,18H,11-14,16-17H2,1-3H3,(H,24,27). The van der Waals surface area contributed by atoms with Gasteiger partial charge < -0.3 is 14.8 Å². The van der Waals surface area contributed by atoms with Gasteiger partial charge in [-0.1, -0.05) is 30.3 Å². The number of hydrogen-bond donors (Lipinski definition) is 1. The van der Waals surface area contributed by atoms with Gasteiger partial charge in [0.15, 0.2) is 0 Å². The van der Waals surface area contributed by atoms with Crippen molar-refractivity contribution in [1.82, 2.24) is 10.2 Å². The molecule has 3 rings (SSSR count). The van der Waals surface area contributed by atoms with Crippen LogP contribution < -0.4 is 14.4 Å². The molecule has 1 saturated heterocycles. The Morgan fingerprint density at radius 3 is 2.44 bits per heavy atom. The summed E-state index contributed by atoms with van der Waals surface area (Å²) in [5.74, 6) is 0.136. The van der Waals surface area contributed by atoms with E-state index in [9.17, 15) is 13.2 Å². The highest BCUT2D eigenvalue weighted by Gasteiger charge is 2.29. The number of carbonyl (C=O) groups excluding carboxylic acids is 1. The highest BCUT2D eigenvalue weighted by molar-refractivity contribution is 7.92. The Hall–Kier alpha value is -2.62. The molecule has 1 aliphatic rings. The van der Waals surface area contributed by atoms with Crippen LogP contribution in [0.5, 0.6) is 5.75 Å². The van der Waals surface area contributed by atoms with E-state index in [1.165, 1.54) is 12.7 Å². The molecule has 2 aromatic carbocycles. The molecule has 1 amide bonds. The smallest absolute Gasteiger partial charge is 0.243 e. The summed E-state index contributed by atoms with van der Waals surface area (Å²) in [6, 6.07) is 13.8. The van der Waals surface area contributed by atoms with Crippen molar-refractivity contribution < 1.29 is 22.7 Å². The molecule has 0 radical (unpaired) electrons. The number of nitrogens with zero attached hydrogens (tertiary/aromatic N) is 2. The molecule has 2 aromatic rings. The lowest BCUT2D eigenvalue weighted by Crippen LogP contribution is -2.47. The van der Waals surface area contributed by atoms with Crippen LogP contribution in [0.1, 0.15) is 18.1 Å². The number of nitrogens with one attached hydrogen (secondary N) is 1. The Balaban J connectivity index is 1.62. The van der Waals surface area contributed by atoms with Gasteiger partial charge in [0, 0.05) is 32.2 Å². The predicted octanol–water partition coefficient (Wildman–Crippen LogP) is 2.00. The van der Waals surface area contributed by atoms with E-state index in [-0.39, 0.29) is 5.91 Å². The minimum atomic E-state index is -3.69. The number of sulfonamides is 1. The fraction of sp³-hybridized carbons (Fsp3) is 0.435. The van der Waals surface area contributed by atoms with Gasteiger partial charge in [-0.2, -0.15) is 0 Å². The van der Waals surface area contributed by atoms with Gasteiger partial charge in [0.1, 0.15) is 11.8 Å². The van der Waals surface area contributed by atoms with E-state index in [0.717, 1.165) is 49.0 Å². The molecule has 0 aromatic heterocycles. The van der Waals surface area contributed by atoms with Crippen LogP contribution in [-0.4, -0.2) is 64.9 Å². The Morgan fingerprint density at radius 2 is 1.81 bits per heavy atom. The maximum Gasteiger partial charge on any atom is 0.243 e.